The highest BCUT2D eigenvalue weighted by Crippen LogP contribution is 2.23. The number of hydrogen-bond donors (Lipinski definition) is 1. The van der Waals surface area contributed by atoms with Gasteiger partial charge in [0.05, 0.1) is 19.0 Å². The maximum absolute atomic E-state index is 13.2. The first-order chi connectivity index (χ1) is 8.52. The molecule has 6 heteroatoms. The molecule has 0 spiro atoms. The van der Waals surface area contributed by atoms with E-state index in [1.807, 2.05) is 0 Å². The highest BCUT2D eigenvalue weighted by molar-refractivity contribution is 5.93. The van der Waals surface area contributed by atoms with Crippen LogP contribution in [0.3, 0.4) is 0 Å². The molecule has 1 aromatic heterocycles. The van der Waals surface area contributed by atoms with Crippen LogP contribution < -0.4 is 0 Å². The minimum atomic E-state index is -1.19. The van der Waals surface area contributed by atoms with Gasteiger partial charge in [-0.05, 0) is 23.8 Å². The molecule has 0 radical (unpaired) electrons. The van der Waals surface area contributed by atoms with Crippen LogP contribution in [0.15, 0.2) is 24.4 Å². The number of carbonyl (C=O) groups is 2. The van der Waals surface area contributed by atoms with Crippen LogP contribution >= 0.6 is 0 Å². The number of fused-ring (bicyclic) bond motifs is 1. The molecule has 5 nitrogen and oxygen atoms in total. The average molecular weight is 251 g/mol. The second-order valence-electron chi connectivity index (χ2n) is 3.72. The van der Waals surface area contributed by atoms with E-state index in [1.54, 1.807) is 0 Å². The van der Waals surface area contributed by atoms with Crippen molar-refractivity contribution < 1.29 is 23.8 Å². The van der Waals surface area contributed by atoms with E-state index >= 15 is 0 Å². The lowest BCUT2D eigenvalue weighted by Gasteiger charge is -1.98. The fourth-order valence-electron chi connectivity index (χ4n) is 1.80. The third kappa shape index (κ3) is 2.04. The number of hydrogen-bond acceptors (Lipinski definition) is 3. The molecule has 18 heavy (non-hydrogen) atoms. The summed E-state index contributed by atoms with van der Waals surface area (Å²) >= 11 is 0. The third-order valence-electron chi connectivity index (χ3n) is 2.62. The molecule has 0 unspecified atom stereocenters. The van der Waals surface area contributed by atoms with Gasteiger partial charge < -0.3 is 9.84 Å². The van der Waals surface area contributed by atoms with E-state index in [0.29, 0.717) is 16.5 Å². The van der Waals surface area contributed by atoms with Crippen LogP contribution in [0.25, 0.3) is 10.9 Å². The number of carboxylic acid groups (broad SMARTS) is 1. The standard InChI is InChI=1S/C12H10FNO4/c1-18-11(15)4-7-6-14(12(16)17)10-3-2-8(13)5-9(7)10/h2-3,5-6H,4H2,1H3,(H,16,17). The van der Waals surface area contributed by atoms with E-state index in [-0.39, 0.29) is 6.42 Å². The molecular formula is C12H10FNO4. The summed E-state index contributed by atoms with van der Waals surface area (Å²) in [5, 5.41) is 9.40. The second-order valence-corrected chi connectivity index (χ2v) is 3.72. The highest BCUT2D eigenvalue weighted by Gasteiger charge is 2.15. The van der Waals surface area contributed by atoms with Crippen molar-refractivity contribution in [2.75, 3.05) is 7.11 Å². The predicted molar refractivity (Wildman–Crippen MR) is 61.0 cm³/mol. The van der Waals surface area contributed by atoms with E-state index < -0.39 is 17.9 Å². The number of benzene rings is 1. The number of nitrogens with zero attached hydrogens (tertiary/aromatic N) is 1. The van der Waals surface area contributed by atoms with Gasteiger partial charge in [-0.1, -0.05) is 0 Å². The molecule has 0 aliphatic heterocycles. The van der Waals surface area contributed by atoms with Gasteiger partial charge in [0.25, 0.3) is 0 Å². The molecule has 0 saturated carbocycles. The van der Waals surface area contributed by atoms with Crippen LogP contribution in [0.5, 0.6) is 0 Å². The Kier molecular flexibility index (Phi) is 3.01. The zero-order chi connectivity index (χ0) is 13.3. The number of aromatic nitrogens is 1. The Morgan fingerprint density at radius 1 is 1.44 bits per heavy atom. The quantitative estimate of drug-likeness (QED) is 0.829. The van der Waals surface area contributed by atoms with Gasteiger partial charge in [-0.15, -0.1) is 0 Å². The fraction of sp³-hybridized carbons (Fsp3) is 0.167. The van der Waals surface area contributed by atoms with Gasteiger partial charge in [0.15, 0.2) is 0 Å². The molecule has 0 atom stereocenters. The van der Waals surface area contributed by atoms with E-state index in [2.05, 4.69) is 4.74 Å². The number of ether oxygens (including phenoxy) is 1. The first-order valence-corrected chi connectivity index (χ1v) is 5.12. The van der Waals surface area contributed by atoms with Crippen molar-refractivity contribution in [1.29, 1.82) is 0 Å². The summed E-state index contributed by atoms with van der Waals surface area (Å²) in [5.74, 6) is -1.000. The number of esters is 1. The molecule has 0 bridgehead atoms. The monoisotopic (exact) mass is 251 g/mol. The molecule has 1 N–H and O–H groups in total. The maximum Gasteiger partial charge on any atom is 0.416 e. The van der Waals surface area contributed by atoms with Crippen LogP contribution in [0, 0.1) is 5.82 Å². The summed E-state index contributed by atoms with van der Waals surface area (Å²) in [6.07, 6.45) is 0.00261. The zero-order valence-electron chi connectivity index (χ0n) is 9.51. The summed E-state index contributed by atoms with van der Waals surface area (Å²) in [6.45, 7) is 0. The summed E-state index contributed by atoms with van der Waals surface area (Å²) in [5.41, 5.74) is 0.751. The van der Waals surface area contributed by atoms with Crippen LogP contribution in [0.2, 0.25) is 0 Å². The van der Waals surface area contributed by atoms with Gasteiger partial charge in [-0.2, -0.15) is 0 Å². The van der Waals surface area contributed by atoms with Crippen molar-refractivity contribution >= 4 is 23.0 Å². The SMILES string of the molecule is COC(=O)Cc1cn(C(=O)O)c2ccc(F)cc12. The van der Waals surface area contributed by atoms with Crippen molar-refractivity contribution in [3.05, 3.63) is 35.8 Å². The fourth-order valence-corrected chi connectivity index (χ4v) is 1.80. The van der Waals surface area contributed by atoms with E-state index in [4.69, 9.17) is 5.11 Å². The molecule has 2 rings (SSSR count). The molecule has 0 amide bonds. The van der Waals surface area contributed by atoms with Crippen LogP contribution in [-0.2, 0) is 16.0 Å². The third-order valence-corrected chi connectivity index (χ3v) is 2.62. The Bertz CT molecular complexity index is 632. The summed E-state index contributed by atoms with van der Waals surface area (Å²) in [7, 11) is 1.24. The molecule has 0 saturated heterocycles. The topological polar surface area (TPSA) is 68.5 Å². The normalized spacial score (nSPS) is 10.6. The number of methoxy groups -OCH3 is 1. The predicted octanol–water partition coefficient (Wildman–Crippen LogP) is 2.02. The molecular weight excluding hydrogens is 241 g/mol. The molecule has 0 aliphatic rings. The van der Waals surface area contributed by atoms with Gasteiger partial charge >= 0.3 is 12.1 Å². The minimum Gasteiger partial charge on any atom is -0.469 e. The van der Waals surface area contributed by atoms with Crippen molar-refractivity contribution in [2.45, 2.75) is 6.42 Å². The Labute approximate surface area is 101 Å². The largest absolute Gasteiger partial charge is 0.469 e. The van der Waals surface area contributed by atoms with Crippen LogP contribution in [-0.4, -0.2) is 28.8 Å². The Hall–Kier alpha value is -2.37. The molecule has 1 aromatic carbocycles. The van der Waals surface area contributed by atoms with Crippen molar-refractivity contribution in [3.63, 3.8) is 0 Å². The van der Waals surface area contributed by atoms with Crippen LogP contribution in [0.4, 0.5) is 9.18 Å². The number of rotatable bonds is 2. The maximum atomic E-state index is 13.2. The number of halogens is 1. The lowest BCUT2D eigenvalue weighted by Crippen LogP contribution is -2.06. The smallest absolute Gasteiger partial charge is 0.416 e. The Morgan fingerprint density at radius 3 is 2.78 bits per heavy atom. The van der Waals surface area contributed by atoms with Crippen molar-refractivity contribution in [3.8, 4) is 0 Å². The number of carbonyl (C=O) groups excluding carboxylic acids is 1. The summed E-state index contributed by atoms with van der Waals surface area (Å²) in [6, 6.07) is 3.73. The molecule has 2 aromatic rings. The minimum absolute atomic E-state index is 0.100. The molecule has 0 fully saturated rings. The highest BCUT2D eigenvalue weighted by atomic mass is 19.1. The Balaban J connectivity index is 2.61. The van der Waals surface area contributed by atoms with Gasteiger partial charge in [0, 0.05) is 11.6 Å². The average Bonchev–Trinajstić information content (AvgIpc) is 2.67. The second kappa shape index (κ2) is 4.48. The molecule has 94 valence electrons. The van der Waals surface area contributed by atoms with Gasteiger partial charge in [-0.3, -0.25) is 9.36 Å². The van der Waals surface area contributed by atoms with E-state index in [1.165, 1.54) is 31.5 Å². The molecule has 1 heterocycles. The lowest BCUT2D eigenvalue weighted by atomic mass is 10.1. The molecule has 0 aliphatic carbocycles. The van der Waals surface area contributed by atoms with Gasteiger partial charge in [-0.25, -0.2) is 9.18 Å². The van der Waals surface area contributed by atoms with Gasteiger partial charge in [0.2, 0.25) is 0 Å². The lowest BCUT2D eigenvalue weighted by molar-refractivity contribution is -0.139. The first kappa shape index (κ1) is 12.1. The van der Waals surface area contributed by atoms with Crippen molar-refractivity contribution in [2.24, 2.45) is 0 Å². The van der Waals surface area contributed by atoms with E-state index in [9.17, 15) is 14.0 Å². The zero-order valence-corrected chi connectivity index (χ0v) is 9.51. The first-order valence-electron chi connectivity index (χ1n) is 5.12. The summed E-state index contributed by atoms with van der Waals surface area (Å²) < 4.78 is 18.6. The van der Waals surface area contributed by atoms with E-state index in [0.717, 1.165) is 4.57 Å². The Morgan fingerprint density at radius 2 is 2.17 bits per heavy atom. The van der Waals surface area contributed by atoms with Crippen molar-refractivity contribution in [1.82, 2.24) is 4.57 Å². The van der Waals surface area contributed by atoms with Crippen LogP contribution in [0.1, 0.15) is 5.56 Å². The summed E-state index contributed by atoms with van der Waals surface area (Å²) in [4.78, 5) is 22.2. The van der Waals surface area contributed by atoms with Gasteiger partial charge in [0.1, 0.15) is 5.82 Å².